The largest absolute Gasteiger partial charge is 0.465 e. The van der Waals surface area contributed by atoms with E-state index in [4.69, 9.17) is 19.9 Å². The predicted octanol–water partition coefficient (Wildman–Crippen LogP) is 2.10. The maximum absolute atomic E-state index is 11.9. The molecule has 0 fully saturated rings. The van der Waals surface area contributed by atoms with Crippen LogP contribution in [0.4, 0.5) is 0 Å². The topological polar surface area (TPSA) is 170 Å². The van der Waals surface area contributed by atoms with Crippen molar-refractivity contribution in [3.05, 3.63) is 10.1 Å². The van der Waals surface area contributed by atoms with Crippen molar-refractivity contribution >= 4 is 24.2 Å². The number of hydrogen-bond donors (Lipinski definition) is 1. The molecule has 0 amide bonds. The first-order chi connectivity index (χ1) is 15.0. The van der Waals surface area contributed by atoms with Crippen LogP contribution in [0.5, 0.6) is 0 Å². The average Bonchev–Trinajstić information content (AvgIpc) is 2.65. The smallest absolute Gasteiger partial charge is 0.313 e. The van der Waals surface area contributed by atoms with Crippen LogP contribution in [0, 0.1) is 10.1 Å². The molecule has 0 aliphatic heterocycles. The molecule has 0 aliphatic rings. The van der Waals surface area contributed by atoms with E-state index in [2.05, 4.69) is 9.83 Å². The molecule has 0 radical (unpaired) electrons. The van der Waals surface area contributed by atoms with Crippen LogP contribution in [-0.2, 0) is 33.4 Å². The van der Waals surface area contributed by atoms with Gasteiger partial charge in [0, 0.05) is 6.54 Å². The monoisotopic (exact) mass is 461 g/mol. The molecule has 0 aromatic rings. The summed E-state index contributed by atoms with van der Waals surface area (Å²) in [7, 11) is 0. The van der Waals surface area contributed by atoms with Gasteiger partial charge in [-0.05, 0) is 52.9 Å². The Morgan fingerprint density at radius 3 is 2.34 bits per heavy atom. The minimum Gasteiger partial charge on any atom is -0.465 e. The molecule has 0 saturated carbocycles. The number of aliphatic imine (C=N–C) groups is 1. The van der Waals surface area contributed by atoms with Gasteiger partial charge in [-0.3, -0.25) is 19.4 Å². The fourth-order valence-corrected chi connectivity index (χ4v) is 2.55. The van der Waals surface area contributed by atoms with Crippen LogP contribution in [0.3, 0.4) is 0 Å². The number of rotatable bonds is 18. The molecular formula is C20H35N3O9. The summed E-state index contributed by atoms with van der Waals surface area (Å²) >= 11 is 0. The maximum Gasteiger partial charge on any atom is 0.313 e. The molecule has 0 bridgehead atoms. The first-order valence-electron chi connectivity index (χ1n) is 10.6. The zero-order valence-corrected chi connectivity index (χ0v) is 19.1. The van der Waals surface area contributed by atoms with Crippen molar-refractivity contribution in [3.63, 3.8) is 0 Å². The van der Waals surface area contributed by atoms with Gasteiger partial charge in [-0.15, -0.1) is 10.1 Å². The van der Waals surface area contributed by atoms with E-state index in [1.54, 1.807) is 20.8 Å². The summed E-state index contributed by atoms with van der Waals surface area (Å²) in [4.78, 5) is 52.5. The first-order valence-corrected chi connectivity index (χ1v) is 10.6. The summed E-state index contributed by atoms with van der Waals surface area (Å²) in [5.41, 5.74) is 5.11. The van der Waals surface area contributed by atoms with Crippen molar-refractivity contribution in [3.8, 4) is 0 Å². The highest BCUT2D eigenvalue weighted by Gasteiger charge is 2.21. The Hall–Kier alpha value is -2.92. The van der Waals surface area contributed by atoms with Crippen LogP contribution in [0.25, 0.3) is 0 Å². The molecule has 1 atom stereocenters. The van der Waals surface area contributed by atoms with E-state index in [0.717, 1.165) is 12.8 Å². The highest BCUT2D eigenvalue weighted by atomic mass is 16.9. The SMILES string of the molecule is CC(C)(C)OC(=O)CC(CCCN=C(N)CC(=O)OCCCCCCO[N+](=O)[O-])OC=O. The highest BCUT2D eigenvalue weighted by molar-refractivity contribution is 5.96. The number of ether oxygens (including phenoxy) is 3. The van der Waals surface area contributed by atoms with Gasteiger partial charge < -0.3 is 24.8 Å². The van der Waals surface area contributed by atoms with E-state index in [0.29, 0.717) is 38.7 Å². The third-order valence-electron chi connectivity index (χ3n) is 3.89. The molecule has 2 N–H and O–H groups in total. The number of nitrogens with zero attached hydrogens (tertiary/aromatic N) is 2. The van der Waals surface area contributed by atoms with E-state index in [-0.39, 0.29) is 31.9 Å². The Labute approximate surface area is 187 Å². The molecule has 184 valence electrons. The van der Waals surface area contributed by atoms with Crippen LogP contribution >= 0.6 is 0 Å². The third kappa shape index (κ3) is 19.1. The van der Waals surface area contributed by atoms with Crippen molar-refractivity contribution in [2.24, 2.45) is 10.7 Å². The van der Waals surface area contributed by atoms with Crippen LogP contribution in [0.2, 0.25) is 0 Å². The van der Waals surface area contributed by atoms with Gasteiger partial charge in [-0.25, -0.2) is 0 Å². The Bertz CT molecular complexity index is 618. The van der Waals surface area contributed by atoms with Gasteiger partial charge in [0.2, 0.25) is 0 Å². The Kier molecular flexibility index (Phi) is 15.2. The summed E-state index contributed by atoms with van der Waals surface area (Å²) in [5.74, 6) is -0.818. The summed E-state index contributed by atoms with van der Waals surface area (Å²) in [6.45, 7) is 6.14. The van der Waals surface area contributed by atoms with Gasteiger partial charge in [-0.1, -0.05) is 6.42 Å². The van der Waals surface area contributed by atoms with Crippen LogP contribution < -0.4 is 5.73 Å². The quantitative estimate of drug-likeness (QED) is 0.0466. The Balaban J connectivity index is 4.00. The van der Waals surface area contributed by atoms with E-state index in [1.165, 1.54) is 0 Å². The van der Waals surface area contributed by atoms with Crippen LogP contribution in [-0.4, -0.2) is 60.8 Å². The lowest BCUT2D eigenvalue weighted by Gasteiger charge is -2.21. The van der Waals surface area contributed by atoms with Crippen molar-refractivity contribution in [1.82, 2.24) is 0 Å². The molecule has 32 heavy (non-hydrogen) atoms. The molecule has 12 nitrogen and oxygen atoms in total. The first kappa shape index (κ1) is 29.1. The fraction of sp³-hybridized carbons (Fsp3) is 0.800. The molecule has 0 aromatic carbocycles. The molecule has 0 spiro atoms. The normalized spacial score (nSPS) is 12.5. The van der Waals surface area contributed by atoms with Crippen molar-refractivity contribution in [1.29, 1.82) is 0 Å². The second-order valence-electron chi connectivity index (χ2n) is 8.03. The van der Waals surface area contributed by atoms with Gasteiger partial charge in [0.05, 0.1) is 19.6 Å². The fourth-order valence-electron chi connectivity index (χ4n) is 2.55. The molecule has 0 aromatic heterocycles. The second kappa shape index (κ2) is 16.7. The molecule has 0 heterocycles. The lowest BCUT2D eigenvalue weighted by Crippen LogP contribution is -2.27. The van der Waals surface area contributed by atoms with Gasteiger partial charge in [0.1, 0.15) is 24.0 Å². The number of amidine groups is 1. The number of hydrogen-bond acceptors (Lipinski definition) is 10. The van der Waals surface area contributed by atoms with Crippen molar-refractivity contribution < 1.29 is 38.5 Å². The minimum atomic E-state index is -0.824. The zero-order chi connectivity index (χ0) is 24.4. The number of unbranched alkanes of at least 4 members (excludes halogenated alkanes) is 3. The molecule has 1 unspecified atom stereocenters. The zero-order valence-electron chi connectivity index (χ0n) is 19.1. The third-order valence-corrected chi connectivity index (χ3v) is 3.89. The summed E-state index contributed by atoms with van der Waals surface area (Å²) in [5, 5.41) is 9.16. The number of esters is 2. The predicted molar refractivity (Wildman–Crippen MR) is 114 cm³/mol. The Morgan fingerprint density at radius 1 is 1.09 bits per heavy atom. The van der Waals surface area contributed by atoms with Gasteiger partial charge >= 0.3 is 11.9 Å². The standard InChI is InChI=1S/C20H35N3O9/c1-20(2,3)32-19(26)13-16(30-15-24)9-8-10-22-17(21)14-18(25)29-11-6-4-5-7-12-31-23(27)28/h15-16H,4-14H2,1-3H3,(H2,21,22). The average molecular weight is 462 g/mol. The summed E-state index contributed by atoms with van der Waals surface area (Å²) < 4.78 is 15.2. The van der Waals surface area contributed by atoms with Crippen molar-refractivity contribution in [2.75, 3.05) is 19.8 Å². The van der Waals surface area contributed by atoms with Crippen LogP contribution in [0.15, 0.2) is 4.99 Å². The lowest BCUT2D eigenvalue weighted by molar-refractivity contribution is -0.757. The molecule has 12 heteroatoms. The summed E-state index contributed by atoms with van der Waals surface area (Å²) in [6.07, 6.45) is 2.77. The number of nitrogens with two attached hydrogens (primary N) is 1. The van der Waals surface area contributed by atoms with Crippen LogP contribution in [0.1, 0.15) is 72.1 Å². The van der Waals surface area contributed by atoms with E-state index >= 15 is 0 Å². The molecular weight excluding hydrogens is 426 g/mol. The van der Waals surface area contributed by atoms with Crippen molar-refractivity contribution in [2.45, 2.75) is 83.8 Å². The highest BCUT2D eigenvalue weighted by Crippen LogP contribution is 2.13. The second-order valence-corrected chi connectivity index (χ2v) is 8.03. The van der Waals surface area contributed by atoms with Gasteiger partial charge in [0.25, 0.3) is 11.6 Å². The molecule has 0 aliphatic carbocycles. The molecule has 0 rings (SSSR count). The number of carbonyl (C=O) groups is 3. The maximum atomic E-state index is 11.9. The number of carbonyl (C=O) groups excluding carboxylic acids is 3. The van der Waals surface area contributed by atoms with E-state index in [9.17, 15) is 24.5 Å². The minimum absolute atomic E-state index is 0.0513. The Morgan fingerprint density at radius 2 is 1.75 bits per heavy atom. The lowest BCUT2D eigenvalue weighted by atomic mass is 10.1. The van der Waals surface area contributed by atoms with Gasteiger partial charge in [-0.2, -0.15) is 0 Å². The summed E-state index contributed by atoms with van der Waals surface area (Å²) in [6, 6.07) is 0. The van der Waals surface area contributed by atoms with E-state index in [1.807, 2.05) is 0 Å². The van der Waals surface area contributed by atoms with Gasteiger partial charge in [0.15, 0.2) is 0 Å². The van der Waals surface area contributed by atoms with E-state index < -0.39 is 28.7 Å². The molecule has 0 saturated heterocycles.